The zero-order chi connectivity index (χ0) is 9.10. The average molecular weight is 181 g/mol. The first-order valence-corrected chi connectivity index (χ1v) is 4.83. The molecule has 5 nitrogen and oxygen atoms in total. The molecule has 1 N–H and O–H groups in total. The largest absolute Gasteiger partial charge is 0.313 e. The van der Waals surface area contributed by atoms with Crippen molar-refractivity contribution in [3.8, 4) is 0 Å². The average Bonchev–Trinajstić information content (AvgIpc) is 2.71. The Morgan fingerprint density at radius 2 is 2.23 bits per heavy atom. The van der Waals surface area contributed by atoms with Gasteiger partial charge in [-0.15, -0.1) is 5.10 Å². The van der Waals surface area contributed by atoms with Gasteiger partial charge in [0.05, 0.1) is 12.6 Å². The molecule has 0 radical (unpaired) electrons. The Hall–Kier alpha value is -0.970. The summed E-state index contributed by atoms with van der Waals surface area (Å²) >= 11 is 0. The Bertz CT molecular complexity index is 263. The second kappa shape index (κ2) is 3.83. The molecule has 0 unspecified atom stereocenters. The van der Waals surface area contributed by atoms with Crippen LogP contribution in [0.4, 0.5) is 0 Å². The van der Waals surface area contributed by atoms with Gasteiger partial charge in [-0.25, -0.2) is 4.68 Å². The van der Waals surface area contributed by atoms with Crippen molar-refractivity contribution >= 4 is 0 Å². The Morgan fingerprint density at radius 1 is 1.46 bits per heavy atom. The van der Waals surface area contributed by atoms with Gasteiger partial charge in [0, 0.05) is 0 Å². The van der Waals surface area contributed by atoms with Gasteiger partial charge in [0.1, 0.15) is 0 Å². The SMILES string of the molecule is CNCc1nnnn1C1CCCC1. The number of tetrazole rings is 1. The van der Waals surface area contributed by atoms with Crippen LogP contribution in [-0.4, -0.2) is 27.3 Å². The van der Waals surface area contributed by atoms with Crippen LogP contribution in [-0.2, 0) is 6.54 Å². The molecule has 0 spiro atoms. The molecule has 1 aromatic rings. The molecule has 0 amide bonds. The summed E-state index contributed by atoms with van der Waals surface area (Å²) in [6.45, 7) is 0.753. The first kappa shape index (κ1) is 8.62. The van der Waals surface area contributed by atoms with E-state index in [0.29, 0.717) is 6.04 Å². The van der Waals surface area contributed by atoms with Gasteiger partial charge < -0.3 is 5.32 Å². The Labute approximate surface area is 77.5 Å². The van der Waals surface area contributed by atoms with Crippen LogP contribution >= 0.6 is 0 Å². The third-order valence-corrected chi connectivity index (χ3v) is 2.57. The van der Waals surface area contributed by atoms with E-state index in [1.807, 2.05) is 11.7 Å². The Balaban J connectivity index is 2.13. The third kappa shape index (κ3) is 1.70. The third-order valence-electron chi connectivity index (χ3n) is 2.57. The predicted octanol–water partition coefficient (Wildman–Crippen LogP) is 0.508. The molecule has 5 heteroatoms. The van der Waals surface area contributed by atoms with Gasteiger partial charge in [0.2, 0.25) is 0 Å². The van der Waals surface area contributed by atoms with E-state index in [9.17, 15) is 0 Å². The van der Waals surface area contributed by atoms with Crippen LogP contribution in [0.5, 0.6) is 0 Å². The molecule has 13 heavy (non-hydrogen) atoms. The van der Waals surface area contributed by atoms with Crippen LogP contribution in [0.3, 0.4) is 0 Å². The molecule has 1 aliphatic carbocycles. The van der Waals surface area contributed by atoms with Crippen molar-refractivity contribution in [2.45, 2.75) is 38.3 Å². The lowest BCUT2D eigenvalue weighted by Crippen LogP contribution is -2.16. The molecule has 1 heterocycles. The highest BCUT2D eigenvalue weighted by Crippen LogP contribution is 2.28. The maximum absolute atomic E-state index is 4.03. The highest BCUT2D eigenvalue weighted by atomic mass is 15.6. The van der Waals surface area contributed by atoms with Gasteiger partial charge in [-0.05, 0) is 30.3 Å². The van der Waals surface area contributed by atoms with E-state index < -0.39 is 0 Å². The van der Waals surface area contributed by atoms with Crippen LogP contribution in [0, 0.1) is 0 Å². The summed E-state index contributed by atoms with van der Waals surface area (Å²) in [6.07, 6.45) is 5.07. The molecule has 0 bridgehead atoms. The molecule has 0 atom stereocenters. The number of hydrogen-bond donors (Lipinski definition) is 1. The van der Waals surface area contributed by atoms with Gasteiger partial charge in [-0.3, -0.25) is 0 Å². The molecule has 0 saturated heterocycles. The lowest BCUT2D eigenvalue weighted by Gasteiger charge is -2.10. The van der Waals surface area contributed by atoms with Crippen LogP contribution < -0.4 is 5.32 Å². The number of aromatic nitrogens is 4. The van der Waals surface area contributed by atoms with Crippen molar-refractivity contribution < 1.29 is 0 Å². The molecule has 72 valence electrons. The second-order valence-electron chi connectivity index (χ2n) is 3.51. The molecule has 1 saturated carbocycles. The van der Waals surface area contributed by atoms with E-state index in [1.54, 1.807) is 0 Å². The van der Waals surface area contributed by atoms with E-state index in [1.165, 1.54) is 25.7 Å². The number of hydrogen-bond acceptors (Lipinski definition) is 4. The number of rotatable bonds is 3. The van der Waals surface area contributed by atoms with Crippen molar-refractivity contribution in [1.29, 1.82) is 0 Å². The highest BCUT2D eigenvalue weighted by Gasteiger charge is 2.20. The molecule has 1 fully saturated rings. The zero-order valence-corrected chi connectivity index (χ0v) is 7.90. The van der Waals surface area contributed by atoms with E-state index in [-0.39, 0.29) is 0 Å². The van der Waals surface area contributed by atoms with Crippen LogP contribution in [0.25, 0.3) is 0 Å². The minimum Gasteiger partial charge on any atom is -0.313 e. The summed E-state index contributed by atoms with van der Waals surface area (Å²) in [4.78, 5) is 0. The molecule has 1 aromatic heterocycles. The van der Waals surface area contributed by atoms with Gasteiger partial charge in [-0.2, -0.15) is 0 Å². The van der Waals surface area contributed by atoms with Crippen molar-refractivity contribution in [2.75, 3.05) is 7.05 Å². The van der Waals surface area contributed by atoms with E-state index in [2.05, 4.69) is 20.8 Å². The molecule has 0 aromatic carbocycles. The highest BCUT2D eigenvalue weighted by molar-refractivity contribution is 4.85. The maximum Gasteiger partial charge on any atom is 0.165 e. The summed E-state index contributed by atoms with van der Waals surface area (Å²) in [6, 6.07) is 0.540. The quantitative estimate of drug-likeness (QED) is 0.738. The van der Waals surface area contributed by atoms with Gasteiger partial charge in [-0.1, -0.05) is 12.8 Å². The zero-order valence-electron chi connectivity index (χ0n) is 7.90. The molecule has 0 aliphatic heterocycles. The number of nitrogens with zero attached hydrogens (tertiary/aromatic N) is 4. The summed E-state index contributed by atoms with van der Waals surface area (Å²) in [5.74, 6) is 0.953. The smallest absolute Gasteiger partial charge is 0.165 e. The lowest BCUT2D eigenvalue weighted by molar-refractivity contribution is 0.434. The fourth-order valence-electron chi connectivity index (χ4n) is 1.92. The fraction of sp³-hybridized carbons (Fsp3) is 0.875. The summed E-state index contributed by atoms with van der Waals surface area (Å²) in [7, 11) is 1.91. The summed E-state index contributed by atoms with van der Waals surface area (Å²) in [5, 5.41) is 14.8. The van der Waals surface area contributed by atoms with E-state index in [4.69, 9.17) is 0 Å². The fourth-order valence-corrected chi connectivity index (χ4v) is 1.92. The van der Waals surface area contributed by atoms with Crippen molar-refractivity contribution in [2.24, 2.45) is 0 Å². The normalized spacial score (nSPS) is 18.2. The molecule has 2 rings (SSSR count). The minimum atomic E-state index is 0.540. The van der Waals surface area contributed by atoms with Crippen molar-refractivity contribution in [3.05, 3.63) is 5.82 Å². The topological polar surface area (TPSA) is 55.6 Å². The molecule has 1 aliphatic rings. The summed E-state index contributed by atoms with van der Waals surface area (Å²) < 4.78 is 1.98. The second-order valence-corrected chi connectivity index (χ2v) is 3.51. The van der Waals surface area contributed by atoms with E-state index >= 15 is 0 Å². The first-order valence-electron chi connectivity index (χ1n) is 4.83. The Morgan fingerprint density at radius 3 is 2.92 bits per heavy atom. The predicted molar refractivity (Wildman–Crippen MR) is 48.1 cm³/mol. The molecular formula is C8H15N5. The number of nitrogens with one attached hydrogen (secondary N) is 1. The van der Waals surface area contributed by atoms with Gasteiger partial charge in [0.15, 0.2) is 5.82 Å². The lowest BCUT2D eigenvalue weighted by atomic mass is 10.2. The van der Waals surface area contributed by atoms with Crippen molar-refractivity contribution in [1.82, 2.24) is 25.5 Å². The van der Waals surface area contributed by atoms with E-state index in [0.717, 1.165) is 12.4 Å². The monoisotopic (exact) mass is 181 g/mol. The minimum absolute atomic E-state index is 0.540. The van der Waals surface area contributed by atoms with Gasteiger partial charge >= 0.3 is 0 Å². The summed E-state index contributed by atoms with van der Waals surface area (Å²) in [5.41, 5.74) is 0. The standard InChI is InChI=1S/C8H15N5/c1-9-6-8-10-11-12-13(8)7-4-2-3-5-7/h7,9H,2-6H2,1H3. The first-order chi connectivity index (χ1) is 6.42. The van der Waals surface area contributed by atoms with Gasteiger partial charge in [0.25, 0.3) is 0 Å². The van der Waals surface area contributed by atoms with Crippen LogP contribution in [0.2, 0.25) is 0 Å². The molecular weight excluding hydrogens is 166 g/mol. The van der Waals surface area contributed by atoms with Crippen LogP contribution in [0.1, 0.15) is 37.5 Å². The maximum atomic E-state index is 4.03. The Kier molecular flexibility index (Phi) is 2.54. The van der Waals surface area contributed by atoms with Crippen LogP contribution in [0.15, 0.2) is 0 Å². The van der Waals surface area contributed by atoms with Crippen molar-refractivity contribution in [3.63, 3.8) is 0 Å².